The number of nitrogens with one attached hydrogen (secondary N) is 2. The van der Waals surface area contributed by atoms with Crippen LogP contribution >= 0.6 is 0 Å². The largest absolute Gasteiger partial charge is 0.391 e. The Balaban J connectivity index is 1.89. The van der Waals surface area contributed by atoms with E-state index in [0.717, 1.165) is 0 Å². The van der Waals surface area contributed by atoms with Crippen LogP contribution in [0.25, 0.3) is 5.57 Å². The van der Waals surface area contributed by atoms with E-state index in [1.54, 1.807) is 17.0 Å². The molecule has 0 amide bonds. The highest BCUT2D eigenvalue weighted by Crippen LogP contribution is 2.32. The number of H-pyrrole nitrogens is 1. The maximum absolute atomic E-state index is 14.2. The van der Waals surface area contributed by atoms with Crippen LogP contribution in [-0.4, -0.2) is 44.9 Å². The molecule has 118 valence electrons. The molecule has 3 N–H and O–H groups in total. The van der Waals surface area contributed by atoms with Crippen LogP contribution in [0.1, 0.15) is 12.2 Å². The normalized spacial score (nSPS) is 18.0. The third-order valence-corrected chi connectivity index (χ3v) is 3.55. The number of tetrazole rings is 1. The van der Waals surface area contributed by atoms with Crippen LogP contribution in [0.2, 0.25) is 0 Å². The number of allylic oxidation sites excluding steroid dienone is 1. The number of β-amino-alcohol motifs (C(OH)–C–C–N with tert-alkyl or cyclic N) is 1. The molecule has 2 heterocycles. The van der Waals surface area contributed by atoms with Gasteiger partial charge >= 0.3 is 0 Å². The lowest BCUT2D eigenvalue weighted by Gasteiger charge is -2.22. The Morgan fingerprint density at radius 2 is 2.43 bits per heavy atom. The first kappa shape index (κ1) is 14.9. The Hall–Kier alpha value is -2.99. The lowest BCUT2D eigenvalue weighted by atomic mass is 10.2. The van der Waals surface area contributed by atoms with Crippen LogP contribution in [-0.2, 0) is 0 Å². The molecule has 3 rings (SSSR count). The molecule has 23 heavy (non-hydrogen) atoms. The van der Waals surface area contributed by atoms with Gasteiger partial charge in [-0.1, -0.05) is 6.07 Å². The van der Waals surface area contributed by atoms with E-state index in [-0.39, 0.29) is 11.4 Å². The summed E-state index contributed by atoms with van der Waals surface area (Å²) in [5.74, 6) is -0.245. The highest BCUT2D eigenvalue weighted by molar-refractivity contribution is 5.78. The van der Waals surface area contributed by atoms with E-state index in [0.29, 0.717) is 30.9 Å². The van der Waals surface area contributed by atoms with Crippen LogP contribution in [0.5, 0.6) is 0 Å². The third-order valence-electron chi connectivity index (χ3n) is 3.55. The van der Waals surface area contributed by atoms with E-state index in [2.05, 4.69) is 25.9 Å². The van der Waals surface area contributed by atoms with Crippen LogP contribution < -0.4 is 10.2 Å². The zero-order valence-electron chi connectivity index (χ0n) is 12.1. The molecule has 1 fully saturated rings. The number of rotatable bonds is 4. The van der Waals surface area contributed by atoms with Gasteiger partial charge < -0.3 is 15.3 Å². The van der Waals surface area contributed by atoms with Crippen molar-refractivity contribution in [2.45, 2.75) is 12.5 Å². The molecule has 1 saturated heterocycles. The summed E-state index contributed by atoms with van der Waals surface area (Å²) in [6.45, 7) is 0.936. The first-order valence-corrected chi connectivity index (χ1v) is 7.01. The second-order valence-electron chi connectivity index (χ2n) is 5.07. The van der Waals surface area contributed by atoms with Gasteiger partial charge in [0.25, 0.3) is 0 Å². The molecule has 0 radical (unpaired) electrons. The number of aliphatic hydroxyl groups is 1. The van der Waals surface area contributed by atoms with Crippen molar-refractivity contribution < 1.29 is 9.50 Å². The predicted molar refractivity (Wildman–Crippen MR) is 80.6 cm³/mol. The number of halogens is 1. The van der Waals surface area contributed by atoms with Crippen molar-refractivity contribution in [1.82, 2.24) is 20.6 Å². The first-order chi connectivity index (χ1) is 11.2. The monoisotopic (exact) mass is 315 g/mol. The molecular formula is C14H14FN7O. The highest BCUT2D eigenvalue weighted by atomic mass is 19.1. The number of benzene rings is 1. The molecule has 8 nitrogen and oxygen atoms in total. The van der Waals surface area contributed by atoms with Crippen LogP contribution in [0.4, 0.5) is 15.8 Å². The number of hydrogen-bond donors (Lipinski definition) is 3. The van der Waals surface area contributed by atoms with Crippen molar-refractivity contribution in [2.75, 3.05) is 23.3 Å². The lowest BCUT2D eigenvalue weighted by Crippen LogP contribution is -2.23. The second kappa shape index (κ2) is 6.41. The number of aliphatic hydroxyl groups excluding tert-OH is 1. The smallest absolute Gasteiger partial charge is 0.216 e. The lowest BCUT2D eigenvalue weighted by molar-refractivity contribution is 0.198. The molecule has 1 unspecified atom stereocenters. The van der Waals surface area contributed by atoms with Crippen molar-refractivity contribution >= 4 is 16.9 Å². The molecule has 9 heteroatoms. The minimum atomic E-state index is -0.466. The van der Waals surface area contributed by atoms with Crippen LogP contribution in [0, 0.1) is 17.1 Å². The van der Waals surface area contributed by atoms with Gasteiger partial charge in [0.1, 0.15) is 17.5 Å². The van der Waals surface area contributed by atoms with Gasteiger partial charge in [-0.3, -0.25) is 0 Å². The van der Waals surface area contributed by atoms with Gasteiger partial charge in [-0.25, -0.2) is 4.39 Å². The van der Waals surface area contributed by atoms with Gasteiger partial charge in [0.2, 0.25) is 5.82 Å². The molecular weight excluding hydrogens is 301 g/mol. The minimum Gasteiger partial charge on any atom is -0.391 e. The standard InChI is InChI=1S/C14H14FN7O/c15-11-2-1-3-12(13(11)22-5-4-10(23)8-22)17-7-9(6-16)14-18-20-21-19-14/h1-3,7,10,17,23H,4-5,8H2,(H,18,19,20,21). The van der Waals surface area contributed by atoms with E-state index in [1.807, 2.05) is 6.07 Å². The van der Waals surface area contributed by atoms with Crippen LogP contribution in [0.15, 0.2) is 24.4 Å². The molecule has 1 aliphatic rings. The summed E-state index contributed by atoms with van der Waals surface area (Å²) >= 11 is 0. The molecule has 1 aliphatic heterocycles. The number of aromatic amines is 1. The molecule has 1 aromatic heterocycles. The summed E-state index contributed by atoms with van der Waals surface area (Å²) in [6, 6.07) is 6.58. The third kappa shape index (κ3) is 3.12. The fourth-order valence-corrected chi connectivity index (χ4v) is 2.47. The average Bonchev–Trinajstić information content (AvgIpc) is 3.20. The summed E-state index contributed by atoms with van der Waals surface area (Å²) < 4.78 is 14.2. The maximum Gasteiger partial charge on any atom is 0.216 e. The SMILES string of the molecule is N#CC(=CNc1cccc(F)c1N1CCC(O)C1)c1nn[nH]n1. The molecule has 0 spiro atoms. The molecule has 0 aliphatic carbocycles. The Labute approximate surface area is 131 Å². The van der Waals surface area contributed by atoms with Gasteiger partial charge in [0.15, 0.2) is 0 Å². The van der Waals surface area contributed by atoms with E-state index in [4.69, 9.17) is 5.26 Å². The predicted octanol–water partition coefficient (Wildman–Crippen LogP) is 0.886. The Morgan fingerprint density at radius 1 is 1.57 bits per heavy atom. The van der Waals surface area contributed by atoms with Crippen molar-refractivity contribution in [1.29, 1.82) is 5.26 Å². The van der Waals surface area contributed by atoms with Gasteiger partial charge in [0, 0.05) is 19.3 Å². The molecule has 0 bridgehead atoms. The molecule has 0 saturated carbocycles. The van der Waals surface area contributed by atoms with Gasteiger partial charge in [-0.2, -0.15) is 10.5 Å². The highest BCUT2D eigenvalue weighted by Gasteiger charge is 2.24. The Kier molecular flexibility index (Phi) is 4.16. The molecule has 1 atom stereocenters. The van der Waals surface area contributed by atoms with Crippen molar-refractivity contribution in [3.63, 3.8) is 0 Å². The quantitative estimate of drug-likeness (QED) is 0.718. The Morgan fingerprint density at radius 3 is 3.09 bits per heavy atom. The van der Waals surface area contributed by atoms with Crippen molar-refractivity contribution in [3.05, 3.63) is 36.0 Å². The fraction of sp³-hybridized carbons (Fsp3) is 0.286. The topological polar surface area (TPSA) is 114 Å². The van der Waals surface area contributed by atoms with E-state index < -0.39 is 11.9 Å². The average molecular weight is 315 g/mol. The molecule has 2 aromatic rings. The van der Waals surface area contributed by atoms with Crippen molar-refractivity contribution in [2.24, 2.45) is 0 Å². The number of para-hydroxylation sites is 1. The van der Waals surface area contributed by atoms with Gasteiger partial charge in [-0.05, 0) is 23.8 Å². The number of hydrogen-bond acceptors (Lipinski definition) is 7. The fourth-order valence-electron chi connectivity index (χ4n) is 2.47. The second-order valence-corrected chi connectivity index (χ2v) is 5.07. The summed E-state index contributed by atoms with van der Waals surface area (Å²) in [5, 5.41) is 34.8. The number of anilines is 2. The number of aromatic nitrogens is 4. The van der Waals surface area contributed by atoms with Gasteiger partial charge in [-0.15, -0.1) is 10.2 Å². The number of nitrogens with zero attached hydrogens (tertiary/aromatic N) is 5. The minimum absolute atomic E-state index is 0.148. The summed E-state index contributed by atoms with van der Waals surface area (Å²) in [4.78, 5) is 1.77. The van der Waals surface area contributed by atoms with E-state index >= 15 is 0 Å². The maximum atomic E-state index is 14.2. The zero-order valence-corrected chi connectivity index (χ0v) is 12.1. The summed E-state index contributed by atoms with van der Waals surface area (Å²) in [7, 11) is 0. The molecule has 1 aromatic carbocycles. The van der Waals surface area contributed by atoms with E-state index in [9.17, 15) is 9.50 Å². The first-order valence-electron chi connectivity index (χ1n) is 7.01. The van der Waals surface area contributed by atoms with Crippen molar-refractivity contribution in [3.8, 4) is 6.07 Å². The Bertz CT molecular complexity index is 753. The zero-order chi connectivity index (χ0) is 16.2. The van der Waals surface area contributed by atoms with E-state index in [1.165, 1.54) is 12.3 Å². The summed E-state index contributed by atoms with van der Waals surface area (Å²) in [6.07, 6.45) is 1.53. The van der Waals surface area contributed by atoms with Gasteiger partial charge in [0.05, 0.1) is 17.5 Å². The summed E-state index contributed by atoms with van der Waals surface area (Å²) in [5.41, 5.74) is 1.02. The number of nitriles is 1. The van der Waals surface area contributed by atoms with Crippen LogP contribution in [0.3, 0.4) is 0 Å².